The Morgan fingerprint density at radius 3 is 2.59 bits per heavy atom. The molecule has 3 heterocycles. The van der Waals surface area contributed by atoms with E-state index in [0.29, 0.717) is 40.1 Å². The van der Waals surface area contributed by atoms with Crippen LogP contribution in [-0.4, -0.2) is 44.9 Å². The van der Waals surface area contributed by atoms with E-state index in [1.165, 1.54) is 28.5 Å². The molecular weight excluding hydrogens is 514 g/mol. The highest BCUT2D eigenvalue weighted by Crippen LogP contribution is 2.35. The van der Waals surface area contributed by atoms with Crippen molar-refractivity contribution in [2.45, 2.75) is 50.9 Å². The molecule has 1 aromatic heterocycles. The average Bonchev–Trinajstić information content (AvgIpc) is 3.59. The number of nitrogens with zero attached hydrogens (tertiary/aromatic N) is 3. The molecule has 2 aliphatic rings. The first-order valence-corrected chi connectivity index (χ1v) is 13.8. The van der Waals surface area contributed by atoms with Gasteiger partial charge in [0, 0.05) is 11.3 Å². The molecule has 2 aromatic carbocycles. The van der Waals surface area contributed by atoms with Crippen LogP contribution < -0.4 is 10.6 Å². The third-order valence-corrected chi connectivity index (χ3v) is 7.82. The topological polar surface area (TPSA) is 116 Å². The van der Waals surface area contributed by atoms with Gasteiger partial charge in [-0.15, -0.1) is 0 Å². The Balaban J connectivity index is 1.33. The van der Waals surface area contributed by atoms with Crippen LogP contribution in [0.25, 0.3) is 0 Å². The number of carbonyl (C=O) groups excluding carboxylic acids is 3. The molecule has 2 atom stereocenters. The van der Waals surface area contributed by atoms with Gasteiger partial charge in [-0.25, -0.2) is 9.89 Å². The van der Waals surface area contributed by atoms with Crippen molar-refractivity contribution in [3.05, 3.63) is 83.8 Å². The largest absolute Gasteiger partial charge is 0.467 e. The van der Waals surface area contributed by atoms with E-state index in [-0.39, 0.29) is 30.7 Å². The van der Waals surface area contributed by atoms with E-state index in [2.05, 4.69) is 22.5 Å². The Hall–Kier alpha value is -4.18. The third kappa shape index (κ3) is 5.80. The number of carbonyl (C=O) groups is 3. The molecule has 0 saturated carbocycles. The van der Waals surface area contributed by atoms with Crippen LogP contribution in [0.3, 0.4) is 0 Å². The van der Waals surface area contributed by atoms with Crippen molar-refractivity contribution in [3.8, 4) is 0 Å². The molecule has 2 N–H and O–H groups in total. The number of amides is 3. The maximum absolute atomic E-state index is 13.5. The zero-order valence-corrected chi connectivity index (χ0v) is 22.5. The van der Waals surface area contributed by atoms with Gasteiger partial charge in [-0.3, -0.25) is 19.4 Å². The van der Waals surface area contributed by atoms with E-state index in [0.717, 1.165) is 6.42 Å². The molecular formula is C29H29N5O4S. The lowest BCUT2D eigenvalue weighted by atomic mass is 10.1. The Morgan fingerprint density at radius 2 is 1.87 bits per heavy atom. The molecule has 0 saturated heterocycles. The van der Waals surface area contributed by atoms with E-state index in [4.69, 9.17) is 9.41 Å². The van der Waals surface area contributed by atoms with Crippen molar-refractivity contribution in [2.75, 3.05) is 5.32 Å². The predicted molar refractivity (Wildman–Crippen MR) is 152 cm³/mol. The molecule has 5 rings (SSSR count). The van der Waals surface area contributed by atoms with Crippen LogP contribution in [0.15, 0.2) is 81.3 Å². The van der Waals surface area contributed by atoms with Gasteiger partial charge < -0.3 is 15.1 Å². The zero-order chi connectivity index (χ0) is 27.4. The third-order valence-electron chi connectivity index (χ3n) is 6.51. The second-order valence-electron chi connectivity index (χ2n) is 9.17. The minimum Gasteiger partial charge on any atom is -0.467 e. The van der Waals surface area contributed by atoms with Crippen LogP contribution in [0.2, 0.25) is 0 Å². The monoisotopic (exact) mass is 543 g/mol. The zero-order valence-electron chi connectivity index (χ0n) is 21.7. The van der Waals surface area contributed by atoms with Gasteiger partial charge in [0.05, 0.1) is 30.2 Å². The highest BCUT2D eigenvalue weighted by atomic mass is 32.2. The number of thioether (sulfide) groups is 1. The lowest BCUT2D eigenvalue weighted by molar-refractivity contribution is -0.128. The number of benzene rings is 2. The number of rotatable bonds is 9. The Labute approximate surface area is 230 Å². The molecule has 0 radical (unpaired) electrons. The van der Waals surface area contributed by atoms with Crippen molar-refractivity contribution < 1.29 is 18.8 Å². The maximum atomic E-state index is 13.5. The first-order valence-electron chi connectivity index (χ1n) is 12.9. The SMILES string of the molecule is CCc1ccc(NC(=O)[C@H](CC)SC2=Nc3ccccc3C3=N[C@H](CC(=O)NCc4ccco4)C(=O)N23)cc1. The number of amidine groups is 2. The smallest absolute Gasteiger partial charge is 0.259 e. The van der Waals surface area contributed by atoms with Crippen LogP contribution in [0.1, 0.15) is 43.6 Å². The Morgan fingerprint density at radius 1 is 1.08 bits per heavy atom. The van der Waals surface area contributed by atoms with Crippen molar-refractivity contribution >= 4 is 51.9 Å². The normalized spacial score (nSPS) is 16.6. The predicted octanol–water partition coefficient (Wildman–Crippen LogP) is 4.66. The maximum Gasteiger partial charge on any atom is 0.259 e. The summed E-state index contributed by atoms with van der Waals surface area (Å²) in [4.78, 5) is 50.2. The molecule has 0 unspecified atom stereocenters. The van der Waals surface area contributed by atoms with Gasteiger partial charge in [-0.2, -0.15) is 0 Å². The number of hydrogen-bond donors (Lipinski definition) is 2. The summed E-state index contributed by atoms with van der Waals surface area (Å²) in [5, 5.41) is 5.62. The van der Waals surface area contributed by atoms with Crippen molar-refractivity contribution in [3.63, 3.8) is 0 Å². The minimum absolute atomic E-state index is 0.106. The number of aliphatic imine (C=N–C) groups is 2. The number of aryl methyl sites for hydroxylation is 1. The highest BCUT2D eigenvalue weighted by Gasteiger charge is 2.43. The van der Waals surface area contributed by atoms with Crippen LogP contribution >= 0.6 is 11.8 Å². The Bertz CT molecular complexity index is 1430. The second-order valence-corrected chi connectivity index (χ2v) is 10.3. The summed E-state index contributed by atoms with van der Waals surface area (Å²) >= 11 is 1.22. The molecule has 39 heavy (non-hydrogen) atoms. The van der Waals surface area contributed by atoms with Gasteiger partial charge in [0.15, 0.2) is 5.17 Å². The average molecular weight is 544 g/mol. The quantitative estimate of drug-likeness (QED) is 0.407. The number of hydrogen-bond acceptors (Lipinski definition) is 7. The summed E-state index contributed by atoms with van der Waals surface area (Å²) < 4.78 is 5.25. The fourth-order valence-electron chi connectivity index (χ4n) is 4.36. The summed E-state index contributed by atoms with van der Waals surface area (Å²) in [7, 11) is 0. The van der Waals surface area contributed by atoms with Gasteiger partial charge in [-0.1, -0.05) is 49.9 Å². The molecule has 10 heteroatoms. The number of furan rings is 1. The van der Waals surface area contributed by atoms with Crippen LogP contribution in [0.5, 0.6) is 0 Å². The second kappa shape index (κ2) is 11.7. The highest BCUT2D eigenvalue weighted by molar-refractivity contribution is 8.15. The molecule has 9 nitrogen and oxygen atoms in total. The molecule has 0 spiro atoms. The van der Waals surface area contributed by atoms with E-state index in [9.17, 15) is 14.4 Å². The van der Waals surface area contributed by atoms with Gasteiger partial charge in [0.25, 0.3) is 5.91 Å². The van der Waals surface area contributed by atoms with Gasteiger partial charge in [0.2, 0.25) is 11.8 Å². The summed E-state index contributed by atoms with van der Waals surface area (Å²) in [6.07, 6.45) is 2.87. The van der Waals surface area contributed by atoms with Gasteiger partial charge >= 0.3 is 0 Å². The first-order chi connectivity index (χ1) is 19.0. The summed E-state index contributed by atoms with van der Waals surface area (Å²) in [6.45, 7) is 4.23. The molecule has 0 fully saturated rings. The van der Waals surface area contributed by atoms with Gasteiger partial charge in [-0.05, 0) is 54.8 Å². The van der Waals surface area contributed by atoms with E-state index in [1.807, 2.05) is 55.5 Å². The van der Waals surface area contributed by atoms with Crippen molar-refractivity contribution in [1.82, 2.24) is 10.2 Å². The number of anilines is 1. The van der Waals surface area contributed by atoms with Crippen molar-refractivity contribution in [1.29, 1.82) is 0 Å². The molecule has 200 valence electrons. The van der Waals surface area contributed by atoms with Crippen LogP contribution in [0, 0.1) is 0 Å². The lowest BCUT2D eigenvalue weighted by Gasteiger charge is -2.27. The number of fused-ring (bicyclic) bond motifs is 3. The number of para-hydroxylation sites is 1. The first kappa shape index (κ1) is 26.4. The molecule has 0 bridgehead atoms. The number of nitrogens with one attached hydrogen (secondary N) is 2. The van der Waals surface area contributed by atoms with E-state index < -0.39 is 11.3 Å². The van der Waals surface area contributed by atoms with Gasteiger partial charge in [0.1, 0.15) is 17.6 Å². The lowest BCUT2D eigenvalue weighted by Crippen LogP contribution is -2.43. The molecule has 3 aromatic rings. The fraction of sp³-hybridized carbons (Fsp3) is 0.276. The molecule has 2 aliphatic heterocycles. The molecule has 3 amide bonds. The van der Waals surface area contributed by atoms with E-state index >= 15 is 0 Å². The van der Waals surface area contributed by atoms with Crippen molar-refractivity contribution in [2.24, 2.45) is 9.98 Å². The fourth-order valence-corrected chi connectivity index (χ4v) is 5.38. The summed E-state index contributed by atoms with van der Waals surface area (Å²) in [5.74, 6) is 0.238. The Kier molecular flexibility index (Phi) is 7.92. The molecule has 0 aliphatic carbocycles. The van der Waals surface area contributed by atoms with Crippen LogP contribution in [0.4, 0.5) is 11.4 Å². The summed E-state index contributed by atoms with van der Waals surface area (Å²) in [5.41, 5.74) is 3.28. The minimum atomic E-state index is -0.889. The standard InChI is InChI=1S/C29H29N5O4S/c1-3-18-11-13-19(14-12-18)31-27(36)24(4-2)39-29-33-22-10-6-5-9-21(22)26-32-23(28(37)34(26)29)16-25(35)30-17-20-8-7-15-38-20/h5-15,23-24H,3-4,16-17H2,1-2H3,(H,30,35)(H,31,36)/t23-,24+/m1/s1. The summed E-state index contributed by atoms with van der Waals surface area (Å²) in [6, 6.07) is 17.8. The van der Waals surface area contributed by atoms with Crippen LogP contribution in [-0.2, 0) is 27.3 Å². The van der Waals surface area contributed by atoms with E-state index in [1.54, 1.807) is 12.1 Å².